The number of unbranched alkanes of at least 4 members (excludes halogenated alkanes) is 1. The van der Waals surface area contributed by atoms with Crippen molar-refractivity contribution in [3.8, 4) is 17.1 Å². The summed E-state index contributed by atoms with van der Waals surface area (Å²) in [7, 11) is 0. The molecule has 240 valence electrons. The highest BCUT2D eigenvalue weighted by Gasteiger charge is 2.34. The Bertz CT molecular complexity index is 1720. The molecule has 47 heavy (non-hydrogen) atoms. The van der Waals surface area contributed by atoms with Crippen LogP contribution in [0.25, 0.3) is 17.1 Å². The smallest absolute Gasteiger partial charge is 0.234 e. The van der Waals surface area contributed by atoms with E-state index in [4.69, 9.17) is 0 Å². The maximum Gasteiger partial charge on any atom is 0.234 e. The molecule has 1 unspecified atom stereocenters. The first kappa shape index (κ1) is 32.3. The van der Waals surface area contributed by atoms with E-state index in [0.29, 0.717) is 26.1 Å². The zero-order valence-electron chi connectivity index (χ0n) is 27.0. The van der Waals surface area contributed by atoms with Crippen LogP contribution < -0.4 is 0 Å². The Hall–Kier alpha value is -4.69. The van der Waals surface area contributed by atoms with Gasteiger partial charge in [0.25, 0.3) is 0 Å². The number of piperazine rings is 1. The van der Waals surface area contributed by atoms with Crippen LogP contribution in [0, 0.1) is 6.92 Å². The van der Waals surface area contributed by atoms with Crippen molar-refractivity contribution in [2.75, 3.05) is 25.4 Å². The fourth-order valence-electron chi connectivity index (χ4n) is 6.21. The molecule has 1 fully saturated rings. The zero-order valence-corrected chi connectivity index (χ0v) is 27.9. The molecule has 6 rings (SSSR count). The second kappa shape index (κ2) is 15.3. The van der Waals surface area contributed by atoms with Gasteiger partial charge < -0.3 is 9.80 Å². The molecule has 0 radical (unpaired) electrons. The lowest BCUT2D eigenvalue weighted by molar-refractivity contribution is -0.143. The minimum Gasteiger partial charge on any atom is -0.339 e. The van der Waals surface area contributed by atoms with Gasteiger partial charge in [0.15, 0.2) is 11.0 Å². The third kappa shape index (κ3) is 7.66. The second-order valence-electron chi connectivity index (χ2n) is 12.1. The quantitative estimate of drug-likeness (QED) is 0.111. The SMILES string of the molecule is Cc1ccc(-n2c(SCCCCC(=O)N3CCN(C(=O)C(c4ccccc4)c4ccccc4)C(C)C3)nnc2-c2ccccc2)cc1. The monoisotopic (exact) mass is 643 g/mol. The summed E-state index contributed by atoms with van der Waals surface area (Å²) in [4.78, 5) is 31.1. The van der Waals surface area contributed by atoms with Gasteiger partial charge in [-0.2, -0.15) is 0 Å². The molecule has 0 aliphatic carbocycles. The van der Waals surface area contributed by atoms with Gasteiger partial charge in [-0.05, 0) is 49.9 Å². The summed E-state index contributed by atoms with van der Waals surface area (Å²) in [6.45, 7) is 5.78. The summed E-state index contributed by atoms with van der Waals surface area (Å²) in [5.41, 5.74) is 5.22. The molecule has 1 aliphatic rings. The molecule has 1 aromatic heterocycles. The fourth-order valence-corrected chi connectivity index (χ4v) is 7.16. The van der Waals surface area contributed by atoms with Crippen molar-refractivity contribution < 1.29 is 9.59 Å². The van der Waals surface area contributed by atoms with Crippen molar-refractivity contribution >= 4 is 23.6 Å². The highest BCUT2D eigenvalue weighted by Crippen LogP contribution is 2.30. The number of aryl methyl sites for hydroxylation is 1. The molecule has 1 aliphatic heterocycles. The summed E-state index contributed by atoms with van der Waals surface area (Å²) >= 11 is 1.67. The lowest BCUT2D eigenvalue weighted by atomic mass is 9.89. The number of aromatic nitrogens is 3. The van der Waals surface area contributed by atoms with E-state index in [0.717, 1.165) is 52.0 Å². The molecule has 8 heteroatoms. The Morgan fingerprint density at radius 1 is 0.787 bits per heavy atom. The molecule has 7 nitrogen and oxygen atoms in total. The Kier molecular flexibility index (Phi) is 10.5. The highest BCUT2D eigenvalue weighted by molar-refractivity contribution is 7.99. The predicted octanol–water partition coefficient (Wildman–Crippen LogP) is 7.40. The lowest BCUT2D eigenvalue weighted by Crippen LogP contribution is -2.56. The Labute approximate surface area is 281 Å². The maximum absolute atomic E-state index is 14.0. The maximum atomic E-state index is 14.0. The van der Waals surface area contributed by atoms with E-state index in [9.17, 15) is 9.59 Å². The van der Waals surface area contributed by atoms with E-state index in [-0.39, 0.29) is 23.8 Å². The lowest BCUT2D eigenvalue weighted by Gasteiger charge is -2.41. The molecule has 0 saturated carbocycles. The zero-order chi connectivity index (χ0) is 32.6. The Morgan fingerprint density at radius 2 is 1.40 bits per heavy atom. The van der Waals surface area contributed by atoms with E-state index in [2.05, 4.69) is 65.0 Å². The predicted molar refractivity (Wildman–Crippen MR) is 189 cm³/mol. The van der Waals surface area contributed by atoms with E-state index < -0.39 is 0 Å². The van der Waals surface area contributed by atoms with E-state index in [1.165, 1.54) is 5.56 Å². The number of thioether (sulfide) groups is 1. The third-order valence-corrected chi connectivity index (χ3v) is 9.76. The average molecular weight is 644 g/mol. The van der Waals surface area contributed by atoms with Crippen molar-refractivity contribution in [3.05, 3.63) is 132 Å². The van der Waals surface area contributed by atoms with Crippen molar-refractivity contribution in [1.29, 1.82) is 0 Å². The van der Waals surface area contributed by atoms with Crippen LogP contribution >= 0.6 is 11.8 Å². The molecule has 0 spiro atoms. The van der Waals surface area contributed by atoms with Gasteiger partial charge in [-0.15, -0.1) is 10.2 Å². The van der Waals surface area contributed by atoms with Crippen LogP contribution in [0.5, 0.6) is 0 Å². The van der Waals surface area contributed by atoms with Crippen LogP contribution in [-0.4, -0.2) is 67.8 Å². The molecule has 2 heterocycles. The molecule has 1 saturated heterocycles. The number of rotatable bonds is 11. The highest BCUT2D eigenvalue weighted by atomic mass is 32.2. The number of carbonyl (C=O) groups excluding carboxylic acids is 2. The number of nitrogens with zero attached hydrogens (tertiary/aromatic N) is 5. The molecule has 1 atom stereocenters. The number of carbonyl (C=O) groups is 2. The average Bonchev–Trinajstić information content (AvgIpc) is 3.53. The first-order valence-corrected chi connectivity index (χ1v) is 17.4. The van der Waals surface area contributed by atoms with Gasteiger partial charge in [0.05, 0.1) is 5.92 Å². The van der Waals surface area contributed by atoms with Crippen LogP contribution in [0.3, 0.4) is 0 Å². The molecular weight excluding hydrogens is 603 g/mol. The van der Waals surface area contributed by atoms with Gasteiger partial charge in [0, 0.05) is 49.1 Å². The number of amides is 2. The first-order valence-electron chi connectivity index (χ1n) is 16.4. The minimum atomic E-state index is -0.361. The molecule has 0 bridgehead atoms. The largest absolute Gasteiger partial charge is 0.339 e. The summed E-state index contributed by atoms with van der Waals surface area (Å²) in [5, 5.41) is 9.94. The van der Waals surface area contributed by atoms with Crippen LogP contribution in [0.1, 0.15) is 48.8 Å². The van der Waals surface area contributed by atoms with Crippen molar-refractivity contribution in [2.24, 2.45) is 0 Å². The molecule has 5 aromatic rings. The summed E-state index contributed by atoms with van der Waals surface area (Å²) in [5.74, 6) is 1.54. The standard InChI is InChI=1S/C39H41N5O2S/c1-29-21-23-34(24-22-29)44-37(33-18-10-5-11-19-33)40-41-39(44)47-27-13-12-20-35(45)42-25-26-43(30(2)28-42)38(46)36(31-14-6-3-7-15-31)32-16-8-4-9-17-32/h3-11,14-19,21-24,30,36H,12-13,20,25-28H2,1-2H3. The van der Waals surface area contributed by atoms with Crippen molar-refractivity contribution in [2.45, 2.75) is 50.2 Å². The van der Waals surface area contributed by atoms with Gasteiger partial charge >= 0.3 is 0 Å². The minimum absolute atomic E-state index is 0.0578. The molecule has 4 aromatic carbocycles. The molecule has 2 amide bonds. The number of hydrogen-bond donors (Lipinski definition) is 0. The van der Waals surface area contributed by atoms with Gasteiger partial charge in [-0.3, -0.25) is 14.2 Å². The van der Waals surface area contributed by atoms with Crippen molar-refractivity contribution in [3.63, 3.8) is 0 Å². The van der Waals surface area contributed by atoms with Gasteiger partial charge in [-0.1, -0.05) is 120 Å². The number of hydrogen-bond acceptors (Lipinski definition) is 5. The van der Waals surface area contributed by atoms with Gasteiger partial charge in [0.2, 0.25) is 11.8 Å². The Balaban J connectivity index is 1.02. The fraction of sp³-hybridized carbons (Fsp3) is 0.282. The van der Waals surface area contributed by atoms with Crippen LogP contribution in [-0.2, 0) is 9.59 Å². The van der Waals surface area contributed by atoms with Gasteiger partial charge in [-0.25, -0.2) is 0 Å². The molecular formula is C39H41N5O2S. The first-order chi connectivity index (χ1) is 23.0. The number of benzene rings is 4. The summed E-state index contributed by atoms with van der Waals surface area (Å²) < 4.78 is 2.12. The van der Waals surface area contributed by atoms with E-state index in [1.54, 1.807) is 11.8 Å². The summed E-state index contributed by atoms with van der Waals surface area (Å²) in [6, 6.07) is 38.4. The topological polar surface area (TPSA) is 71.3 Å². The van der Waals surface area contributed by atoms with Crippen LogP contribution in [0.15, 0.2) is 120 Å². The molecule has 0 N–H and O–H groups in total. The second-order valence-corrected chi connectivity index (χ2v) is 13.2. The van der Waals surface area contributed by atoms with Gasteiger partial charge in [0.1, 0.15) is 0 Å². The normalized spacial score (nSPS) is 14.8. The third-order valence-electron chi connectivity index (χ3n) is 8.75. The van der Waals surface area contributed by atoms with E-state index >= 15 is 0 Å². The summed E-state index contributed by atoms with van der Waals surface area (Å²) in [6.07, 6.45) is 2.19. The van der Waals surface area contributed by atoms with Crippen LogP contribution in [0.2, 0.25) is 0 Å². The van der Waals surface area contributed by atoms with Crippen molar-refractivity contribution in [1.82, 2.24) is 24.6 Å². The Morgan fingerprint density at radius 3 is 2.02 bits per heavy atom. The van der Waals surface area contributed by atoms with Crippen LogP contribution in [0.4, 0.5) is 0 Å². The van der Waals surface area contributed by atoms with E-state index in [1.807, 2.05) is 88.7 Å².